The lowest BCUT2D eigenvalue weighted by atomic mass is 10.1. The van der Waals surface area contributed by atoms with Crippen LogP contribution in [-0.2, 0) is 0 Å². The molecule has 0 aliphatic heterocycles. The Morgan fingerprint density at radius 3 is 2.39 bits per heavy atom. The molecule has 0 bridgehead atoms. The van der Waals surface area contributed by atoms with Crippen LogP contribution < -0.4 is 10.5 Å². The zero-order chi connectivity index (χ0) is 13.1. The molecule has 0 aliphatic carbocycles. The highest BCUT2D eigenvalue weighted by Crippen LogP contribution is 2.30. The van der Waals surface area contributed by atoms with Crippen molar-refractivity contribution >= 4 is 22.9 Å². The number of hydrogen-bond acceptors (Lipinski definition) is 3. The van der Waals surface area contributed by atoms with Crippen molar-refractivity contribution in [3.05, 3.63) is 51.2 Å². The molecule has 2 aromatic rings. The first-order valence-corrected chi connectivity index (χ1v) is 7.05. The lowest BCUT2D eigenvalue weighted by molar-refractivity contribution is 0.183. The van der Waals surface area contributed by atoms with Gasteiger partial charge in [-0.25, -0.2) is 0 Å². The summed E-state index contributed by atoms with van der Waals surface area (Å²) in [7, 11) is 0. The highest BCUT2D eigenvalue weighted by atomic mass is 35.5. The minimum absolute atomic E-state index is 0.0713. The molecule has 2 N–H and O–H groups in total. The van der Waals surface area contributed by atoms with Crippen molar-refractivity contribution in [2.75, 3.05) is 0 Å². The Labute approximate surface area is 116 Å². The Bertz CT molecular complexity index is 507. The molecule has 0 spiro atoms. The van der Waals surface area contributed by atoms with Gasteiger partial charge in [-0.15, -0.1) is 11.3 Å². The highest BCUT2D eigenvalue weighted by Gasteiger charge is 2.21. The summed E-state index contributed by atoms with van der Waals surface area (Å²) < 4.78 is 5.98. The number of benzene rings is 1. The number of hydrogen-bond donors (Lipinski definition) is 1. The molecule has 96 valence electrons. The molecule has 0 saturated heterocycles. The number of thiophene rings is 1. The molecular weight excluding hydrogens is 266 g/mol. The molecule has 1 aromatic heterocycles. The zero-order valence-corrected chi connectivity index (χ0v) is 12.0. The summed E-state index contributed by atoms with van der Waals surface area (Å²) >= 11 is 7.53. The molecule has 0 aliphatic rings. The first-order valence-electron chi connectivity index (χ1n) is 5.79. The summed E-state index contributed by atoms with van der Waals surface area (Å²) in [5.74, 6) is 0.787. The second-order valence-corrected chi connectivity index (χ2v) is 5.70. The van der Waals surface area contributed by atoms with Gasteiger partial charge in [0.2, 0.25) is 0 Å². The molecule has 4 heteroatoms. The third-order valence-electron chi connectivity index (χ3n) is 2.71. The van der Waals surface area contributed by atoms with Gasteiger partial charge in [-0.3, -0.25) is 0 Å². The van der Waals surface area contributed by atoms with Crippen LogP contribution in [0.3, 0.4) is 0 Å². The van der Waals surface area contributed by atoms with E-state index in [0.717, 1.165) is 5.75 Å². The van der Waals surface area contributed by atoms with Gasteiger partial charge in [-0.2, -0.15) is 0 Å². The van der Waals surface area contributed by atoms with Crippen molar-refractivity contribution < 1.29 is 4.74 Å². The summed E-state index contributed by atoms with van der Waals surface area (Å²) in [6.07, 6.45) is -0.119. The monoisotopic (exact) mass is 281 g/mol. The van der Waals surface area contributed by atoms with Crippen molar-refractivity contribution in [3.63, 3.8) is 0 Å². The van der Waals surface area contributed by atoms with Crippen LogP contribution in [0.5, 0.6) is 5.75 Å². The van der Waals surface area contributed by atoms with Gasteiger partial charge in [-0.1, -0.05) is 11.6 Å². The van der Waals surface area contributed by atoms with Crippen molar-refractivity contribution in [1.29, 1.82) is 0 Å². The van der Waals surface area contributed by atoms with E-state index in [1.165, 1.54) is 10.4 Å². The molecule has 2 nitrogen and oxygen atoms in total. The molecular formula is C14H16ClNOS. The van der Waals surface area contributed by atoms with E-state index in [0.29, 0.717) is 5.02 Å². The Hall–Kier alpha value is -1.03. The molecule has 18 heavy (non-hydrogen) atoms. The normalized spacial score (nSPS) is 14.2. The quantitative estimate of drug-likeness (QED) is 0.912. The largest absolute Gasteiger partial charge is 0.483 e. The fourth-order valence-corrected chi connectivity index (χ4v) is 2.93. The second kappa shape index (κ2) is 5.74. The molecule has 0 radical (unpaired) electrons. The van der Waals surface area contributed by atoms with Crippen LogP contribution in [0.1, 0.15) is 23.5 Å². The number of ether oxygens (including phenoxy) is 1. The van der Waals surface area contributed by atoms with E-state index in [4.69, 9.17) is 22.1 Å². The second-order valence-electron chi connectivity index (χ2n) is 4.32. The maximum absolute atomic E-state index is 6.03. The van der Waals surface area contributed by atoms with E-state index in [1.807, 2.05) is 31.2 Å². The van der Waals surface area contributed by atoms with Gasteiger partial charge in [-0.05, 0) is 55.1 Å². The van der Waals surface area contributed by atoms with Crippen LogP contribution in [0.15, 0.2) is 35.7 Å². The number of halogens is 1. The van der Waals surface area contributed by atoms with E-state index in [-0.39, 0.29) is 12.1 Å². The minimum atomic E-state index is -0.119. The Morgan fingerprint density at radius 2 is 1.89 bits per heavy atom. The van der Waals surface area contributed by atoms with Crippen LogP contribution >= 0.6 is 22.9 Å². The smallest absolute Gasteiger partial charge is 0.148 e. The fraction of sp³-hybridized carbons (Fsp3) is 0.286. The SMILES string of the molecule is Cc1ccsc1C(Oc1ccc(Cl)cc1)C(C)N. The molecule has 0 saturated carbocycles. The van der Waals surface area contributed by atoms with E-state index in [9.17, 15) is 0 Å². The summed E-state index contributed by atoms with van der Waals surface area (Å²) in [6, 6.07) is 9.37. The molecule has 1 heterocycles. The van der Waals surface area contributed by atoms with Crippen LogP contribution in [0.25, 0.3) is 0 Å². The molecule has 0 amide bonds. The summed E-state index contributed by atoms with van der Waals surface area (Å²) in [4.78, 5) is 1.18. The van der Waals surface area contributed by atoms with Crippen molar-refractivity contribution in [2.45, 2.75) is 26.0 Å². The van der Waals surface area contributed by atoms with Gasteiger partial charge in [0.05, 0.1) is 0 Å². The molecule has 1 aromatic carbocycles. The van der Waals surface area contributed by atoms with Gasteiger partial charge in [0.25, 0.3) is 0 Å². The topological polar surface area (TPSA) is 35.2 Å². The van der Waals surface area contributed by atoms with Crippen molar-refractivity contribution in [2.24, 2.45) is 5.73 Å². The fourth-order valence-electron chi connectivity index (χ4n) is 1.74. The standard InChI is InChI=1S/C14H16ClNOS/c1-9-7-8-18-14(9)13(10(2)16)17-12-5-3-11(15)4-6-12/h3-8,10,13H,16H2,1-2H3. The third kappa shape index (κ3) is 3.05. The lowest BCUT2D eigenvalue weighted by Gasteiger charge is -2.22. The van der Waals surface area contributed by atoms with Gasteiger partial charge in [0.15, 0.2) is 0 Å². The molecule has 2 rings (SSSR count). The predicted molar refractivity (Wildman–Crippen MR) is 77.5 cm³/mol. The molecule has 2 atom stereocenters. The lowest BCUT2D eigenvalue weighted by Crippen LogP contribution is -2.28. The first-order chi connectivity index (χ1) is 8.58. The number of aryl methyl sites for hydroxylation is 1. The van der Waals surface area contributed by atoms with Crippen LogP contribution in [0, 0.1) is 6.92 Å². The first kappa shape index (κ1) is 13.4. The van der Waals surface area contributed by atoms with Crippen molar-refractivity contribution in [1.82, 2.24) is 0 Å². The Morgan fingerprint density at radius 1 is 1.22 bits per heavy atom. The minimum Gasteiger partial charge on any atom is -0.483 e. The van der Waals surface area contributed by atoms with Gasteiger partial charge < -0.3 is 10.5 Å². The third-order valence-corrected chi connectivity index (χ3v) is 4.05. The number of nitrogens with two attached hydrogens (primary N) is 1. The summed E-state index contributed by atoms with van der Waals surface area (Å²) in [6.45, 7) is 4.03. The van der Waals surface area contributed by atoms with Crippen LogP contribution in [0.4, 0.5) is 0 Å². The Balaban J connectivity index is 2.22. The van der Waals surface area contributed by atoms with E-state index < -0.39 is 0 Å². The van der Waals surface area contributed by atoms with E-state index in [1.54, 1.807) is 11.3 Å². The summed E-state index contributed by atoms with van der Waals surface area (Å²) in [5, 5.41) is 2.76. The predicted octanol–water partition coefficient (Wildman–Crippen LogP) is 4.18. The van der Waals surface area contributed by atoms with Crippen LogP contribution in [0.2, 0.25) is 5.02 Å². The zero-order valence-electron chi connectivity index (χ0n) is 10.4. The molecule has 2 unspecified atom stereocenters. The average molecular weight is 282 g/mol. The molecule has 0 fully saturated rings. The van der Waals surface area contributed by atoms with E-state index >= 15 is 0 Å². The Kier molecular flexibility index (Phi) is 4.27. The average Bonchev–Trinajstić information content (AvgIpc) is 2.74. The van der Waals surface area contributed by atoms with Gasteiger partial charge in [0, 0.05) is 15.9 Å². The maximum atomic E-state index is 6.03. The van der Waals surface area contributed by atoms with Gasteiger partial charge in [0.1, 0.15) is 11.9 Å². The van der Waals surface area contributed by atoms with Gasteiger partial charge >= 0.3 is 0 Å². The van der Waals surface area contributed by atoms with Crippen LogP contribution in [-0.4, -0.2) is 6.04 Å². The van der Waals surface area contributed by atoms with Crippen molar-refractivity contribution in [3.8, 4) is 5.75 Å². The summed E-state index contributed by atoms with van der Waals surface area (Å²) in [5.41, 5.74) is 7.25. The maximum Gasteiger partial charge on any atom is 0.148 e. The highest BCUT2D eigenvalue weighted by molar-refractivity contribution is 7.10. The van der Waals surface area contributed by atoms with E-state index in [2.05, 4.69) is 18.4 Å². The number of rotatable bonds is 4.